The number of hydrogen-bond donors (Lipinski definition) is 2. The molecule has 1 aromatic heterocycles. The van der Waals surface area contributed by atoms with Gasteiger partial charge in [0.2, 0.25) is 5.89 Å². The number of rotatable bonds is 6. The maximum Gasteiger partial charge on any atom is 0.204 e. The summed E-state index contributed by atoms with van der Waals surface area (Å²) in [6.07, 6.45) is 1.08. The molecule has 5 heteroatoms. The Balaban J connectivity index is 2.31. The van der Waals surface area contributed by atoms with Crippen LogP contribution in [-0.4, -0.2) is 33.7 Å². The first-order valence-corrected chi connectivity index (χ1v) is 6.10. The second kappa shape index (κ2) is 6.15. The van der Waals surface area contributed by atoms with Gasteiger partial charge in [-0.2, -0.15) is 0 Å². The standard InChI is InChI=1S/C10H17NO3S/c1-7(2)9-3-11-10(14-9)6-15-5-8(13)4-12/h3,7-8,12-13H,4-6H2,1-2H3/t8-/m1/s1. The molecule has 0 bridgehead atoms. The van der Waals surface area contributed by atoms with Crippen LogP contribution in [-0.2, 0) is 5.75 Å². The van der Waals surface area contributed by atoms with Crippen molar-refractivity contribution in [3.63, 3.8) is 0 Å². The van der Waals surface area contributed by atoms with Crippen LogP contribution in [0.25, 0.3) is 0 Å². The zero-order valence-corrected chi connectivity index (χ0v) is 9.83. The molecule has 15 heavy (non-hydrogen) atoms. The maximum atomic E-state index is 9.11. The fourth-order valence-corrected chi connectivity index (χ4v) is 1.80. The van der Waals surface area contributed by atoms with Crippen LogP contribution in [0.2, 0.25) is 0 Å². The average molecular weight is 231 g/mol. The molecule has 0 radical (unpaired) electrons. The van der Waals surface area contributed by atoms with Crippen molar-refractivity contribution in [3.05, 3.63) is 17.8 Å². The molecular weight excluding hydrogens is 214 g/mol. The molecule has 0 aliphatic heterocycles. The maximum absolute atomic E-state index is 9.11. The van der Waals surface area contributed by atoms with E-state index in [9.17, 15) is 0 Å². The lowest BCUT2D eigenvalue weighted by Crippen LogP contribution is -2.14. The van der Waals surface area contributed by atoms with Crippen LogP contribution in [0.15, 0.2) is 10.6 Å². The summed E-state index contributed by atoms with van der Waals surface area (Å²) >= 11 is 1.50. The SMILES string of the molecule is CC(C)c1cnc(CSC[C@H](O)CO)o1. The van der Waals surface area contributed by atoms with E-state index in [4.69, 9.17) is 14.6 Å². The lowest BCUT2D eigenvalue weighted by Gasteiger charge is -2.04. The second-order valence-corrected chi connectivity index (χ2v) is 4.69. The number of aliphatic hydroxyl groups excluding tert-OH is 2. The Morgan fingerprint density at radius 3 is 2.80 bits per heavy atom. The van der Waals surface area contributed by atoms with Crippen molar-refractivity contribution < 1.29 is 14.6 Å². The Kier molecular flexibility index (Phi) is 5.14. The van der Waals surface area contributed by atoms with Gasteiger partial charge in [0.1, 0.15) is 5.76 Å². The Morgan fingerprint density at radius 1 is 1.53 bits per heavy atom. The van der Waals surface area contributed by atoms with Crippen LogP contribution in [0.1, 0.15) is 31.4 Å². The third kappa shape index (κ3) is 4.24. The van der Waals surface area contributed by atoms with E-state index < -0.39 is 6.10 Å². The number of thioether (sulfide) groups is 1. The van der Waals surface area contributed by atoms with E-state index in [0.29, 0.717) is 23.3 Å². The van der Waals surface area contributed by atoms with Crippen molar-refractivity contribution in [2.75, 3.05) is 12.4 Å². The topological polar surface area (TPSA) is 66.5 Å². The van der Waals surface area contributed by atoms with Crippen molar-refractivity contribution in [1.29, 1.82) is 0 Å². The first-order chi connectivity index (χ1) is 7.13. The fraction of sp³-hybridized carbons (Fsp3) is 0.700. The molecular formula is C10H17NO3S. The summed E-state index contributed by atoms with van der Waals surface area (Å²) in [6.45, 7) is 3.90. The average Bonchev–Trinajstić information content (AvgIpc) is 2.66. The number of nitrogens with zero attached hydrogens (tertiary/aromatic N) is 1. The quantitative estimate of drug-likeness (QED) is 0.774. The van der Waals surface area contributed by atoms with Crippen LogP contribution in [0.5, 0.6) is 0 Å². The van der Waals surface area contributed by atoms with Gasteiger partial charge in [-0.1, -0.05) is 13.8 Å². The molecule has 1 heterocycles. The van der Waals surface area contributed by atoms with E-state index in [2.05, 4.69) is 4.98 Å². The van der Waals surface area contributed by atoms with Crippen LogP contribution in [0.4, 0.5) is 0 Å². The van der Waals surface area contributed by atoms with Crippen LogP contribution in [0, 0.1) is 0 Å². The van der Waals surface area contributed by atoms with Gasteiger partial charge in [-0.15, -0.1) is 11.8 Å². The Morgan fingerprint density at radius 2 is 2.27 bits per heavy atom. The van der Waals surface area contributed by atoms with E-state index in [1.165, 1.54) is 11.8 Å². The van der Waals surface area contributed by atoms with Crippen LogP contribution < -0.4 is 0 Å². The highest BCUT2D eigenvalue weighted by Gasteiger charge is 2.08. The van der Waals surface area contributed by atoms with Gasteiger partial charge in [0, 0.05) is 11.7 Å². The number of hydrogen-bond acceptors (Lipinski definition) is 5. The van der Waals surface area contributed by atoms with E-state index >= 15 is 0 Å². The minimum absolute atomic E-state index is 0.199. The molecule has 2 N–H and O–H groups in total. The minimum atomic E-state index is -0.658. The summed E-state index contributed by atoms with van der Waals surface area (Å²) < 4.78 is 5.48. The lowest BCUT2D eigenvalue weighted by molar-refractivity contribution is 0.113. The fourth-order valence-electron chi connectivity index (χ4n) is 0.993. The predicted molar refractivity (Wildman–Crippen MR) is 59.8 cm³/mol. The Labute approximate surface area is 93.7 Å². The molecule has 1 aromatic rings. The smallest absolute Gasteiger partial charge is 0.204 e. The first-order valence-electron chi connectivity index (χ1n) is 4.94. The van der Waals surface area contributed by atoms with E-state index in [0.717, 1.165) is 5.76 Å². The number of oxazole rings is 1. The zero-order valence-electron chi connectivity index (χ0n) is 9.01. The van der Waals surface area contributed by atoms with Gasteiger partial charge in [-0.05, 0) is 0 Å². The van der Waals surface area contributed by atoms with Crippen molar-refractivity contribution >= 4 is 11.8 Å². The molecule has 0 saturated carbocycles. The highest BCUT2D eigenvalue weighted by atomic mass is 32.2. The number of aliphatic hydroxyl groups is 2. The molecule has 0 aliphatic rings. The monoisotopic (exact) mass is 231 g/mol. The molecule has 0 unspecified atom stereocenters. The van der Waals surface area contributed by atoms with Gasteiger partial charge in [-0.25, -0.2) is 4.98 Å². The zero-order chi connectivity index (χ0) is 11.3. The van der Waals surface area contributed by atoms with Crippen molar-refractivity contribution in [1.82, 2.24) is 4.98 Å². The van der Waals surface area contributed by atoms with Crippen LogP contribution >= 0.6 is 11.8 Å². The number of aromatic nitrogens is 1. The molecule has 0 spiro atoms. The molecule has 86 valence electrons. The molecule has 0 saturated heterocycles. The molecule has 1 rings (SSSR count). The van der Waals surface area contributed by atoms with Gasteiger partial charge >= 0.3 is 0 Å². The summed E-state index contributed by atoms with van der Waals surface area (Å²) in [5.41, 5.74) is 0. The second-order valence-electron chi connectivity index (χ2n) is 3.66. The highest BCUT2D eigenvalue weighted by molar-refractivity contribution is 7.98. The van der Waals surface area contributed by atoms with Crippen molar-refractivity contribution in [2.24, 2.45) is 0 Å². The first kappa shape index (κ1) is 12.5. The molecule has 0 amide bonds. The summed E-state index contributed by atoms with van der Waals surface area (Å²) in [5.74, 6) is 3.03. The molecule has 0 aliphatic carbocycles. The summed E-state index contributed by atoms with van der Waals surface area (Å²) in [4.78, 5) is 4.13. The highest BCUT2D eigenvalue weighted by Crippen LogP contribution is 2.18. The van der Waals surface area contributed by atoms with Crippen LogP contribution in [0.3, 0.4) is 0 Å². The predicted octanol–water partition coefficient (Wildman–Crippen LogP) is 1.38. The van der Waals surface area contributed by atoms with E-state index in [1.807, 2.05) is 13.8 Å². The summed E-state index contributed by atoms with van der Waals surface area (Å²) in [6, 6.07) is 0. The van der Waals surface area contributed by atoms with Gasteiger partial charge in [0.25, 0.3) is 0 Å². The van der Waals surface area contributed by atoms with Crippen molar-refractivity contribution in [2.45, 2.75) is 31.6 Å². The van der Waals surface area contributed by atoms with Crippen molar-refractivity contribution in [3.8, 4) is 0 Å². The van der Waals surface area contributed by atoms with Gasteiger partial charge < -0.3 is 14.6 Å². The summed E-state index contributed by atoms with van der Waals surface area (Å²) in [7, 11) is 0. The van der Waals surface area contributed by atoms with Gasteiger partial charge in [-0.3, -0.25) is 0 Å². The van der Waals surface area contributed by atoms with E-state index in [-0.39, 0.29) is 6.61 Å². The third-order valence-corrected chi connectivity index (χ3v) is 2.96. The minimum Gasteiger partial charge on any atom is -0.445 e. The Hall–Kier alpha value is -0.520. The molecule has 1 atom stereocenters. The lowest BCUT2D eigenvalue weighted by atomic mass is 10.2. The molecule has 4 nitrogen and oxygen atoms in total. The Bertz CT molecular complexity index is 288. The third-order valence-electron chi connectivity index (χ3n) is 1.89. The largest absolute Gasteiger partial charge is 0.445 e. The summed E-state index contributed by atoms with van der Waals surface area (Å²) in [5, 5.41) is 17.7. The molecule has 0 fully saturated rings. The van der Waals surface area contributed by atoms with E-state index in [1.54, 1.807) is 6.20 Å². The normalized spacial score (nSPS) is 13.4. The van der Waals surface area contributed by atoms with Gasteiger partial charge in [0.15, 0.2) is 0 Å². The molecule has 0 aromatic carbocycles. The van der Waals surface area contributed by atoms with Gasteiger partial charge in [0.05, 0.1) is 24.7 Å².